The van der Waals surface area contributed by atoms with Gasteiger partial charge in [0, 0.05) is 12.0 Å². The molecule has 1 unspecified atom stereocenters. The highest BCUT2D eigenvalue weighted by atomic mass is 16.1. The van der Waals surface area contributed by atoms with Gasteiger partial charge in [0.1, 0.15) is 0 Å². The van der Waals surface area contributed by atoms with Crippen LogP contribution in [-0.4, -0.2) is 11.4 Å². The molecule has 1 aliphatic carbocycles. The standard InChI is InChI=1S/C18H28N2O/c1-17(2,3)12-15(14-8-5-4-6-9-14)20-16(21)13-18(19)10-7-11-18/h4-6,8-9,15H,7,10-13,19H2,1-3H3,(H,20,21). The molecule has 0 heterocycles. The van der Waals surface area contributed by atoms with Gasteiger partial charge in [-0.15, -0.1) is 0 Å². The van der Waals surface area contributed by atoms with Crippen molar-refractivity contribution >= 4 is 5.91 Å². The third-order valence-electron chi connectivity index (χ3n) is 4.22. The molecule has 1 aliphatic rings. The third-order valence-corrected chi connectivity index (χ3v) is 4.22. The van der Waals surface area contributed by atoms with Crippen LogP contribution in [0.1, 0.15) is 64.5 Å². The number of carbonyl (C=O) groups excluding carboxylic acids is 1. The van der Waals surface area contributed by atoms with E-state index in [4.69, 9.17) is 5.73 Å². The van der Waals surface area contributed by atoms with Crippen LogP contribution in [-0.2, 0) is 4.79 Å². The Bertz CT molecular complexity index is 472. The fourth-order valence-corrected chi connectivity index (χ4v) is 2.92. The molecule has 3 heteroatoms. The van der Waals surface area contributed by atoms with Gasteiger partial charge in [0.05, 0.1) is 6.04 Å². The van der Waals surface area contributed by atoms with E-state index in [1.807, 2.05) is 18.2 Å². The van der Waals surface area contributed by atoms with Gasteiger partial charge >= 0.3 is 0 Å². The van der Waals surface area contributed by atoms with Crippen LogP contribution in [0.5, 0.6) is 0 Å². The Morgan fingerprint density at radius 2 is 1.90 bits per heavy atom. The highest BCUT2D eigenvalue weighted by molar-refractivity contribution is 5.78. The number of benzene rings is 1. The Morgan fingerprint density at radius 3 is 2.38 bits per heavy atom. The quantitative estimate of drug-likeness (QED) is 0.870. The smallest absolute Gasteiger partial charge is 0.222 e. The molecule has 0 aromatic heterocycles. The van der Waals surface area contributed by atoms with E-state index in [1.54, 1.807) is 0 Å². The molecule has 1 fully saturated rings. The Balaban J connectivity index is 2.03. The van der Waals surface area contributed by atoms with E-state index in [0.717, 1.165) is 25.7 Å². The van der Waals surface area contributed by atoms with Crippen molar-refractivity contribution in [3.63, 3.8) is 0 Å². The SMILES string of the molecule is CC(C)(C)CC(NC(=O)CC1(N)CCC1)c1ccccc1. The second-order valence-electron chi connectivity index (χ2n) is 7.69. The Kier molecular flexibility index (Phi) is 4.72. The number of hydrogen-bond acceptors (Lipinski definition) is 2. The van der Waals surface area contributed by atoms with Gasteiger partial charge < -0.3 is 11.1 Å². The lowest BCUT2D eigenvalue weighted by Crippen LogP contribution is -2.50. The Hall–Kier alpha value is -1.35. The molecule has 0 saturated heterocycles. The summed E-state index contributed by atoms with van der Waals surface area (Å²) in [7, 11) is 0. The molecule has 1 atom stereocenters. The van der Waals surface area contributed by atoms with Gasteiger partial charge in [-0.05, 0) is 36.7 Å². The molecular formula is C18H28N2O. The van der Waals surface area contributed by atoms with Crippen molar-refractivity contribution in [1.82, 2.24) is 5.32 Å². The summed E-state index contributed by atoms with van der Waals surface area (Å²) in [5.74, 6) is 0.0790. The van der Waals surface area contributed by atoms with Crippen molar-refractivity contribution in [2.75, 3.05) is 0 Å². The van der Waals surface area contributed by atoms with E-state index < -0.39 is 0 Å². The van der Waals surface area contributed by atoms with Crippen LogP contribution in [0.2, 0.25) is 0 Å². The first kappa shape index (κ1) is 16.0. The predicted molar refractivity (Wildman–Crippen MR) is 86.8 cm³/mol. The minimum absolute atomic E-state index is 0.0578. The van der Waals surface area contributed by atoms with Crippen molar-refractivity contribution in [1.29, 1.82) is 0 Å². The molecule has 1 aromatic rings. The van der Waals surface area contributed by atoms with Crippen molar-refractivity contribution < 1.29 is 4.79 Å². The monoisotopic (exact) mass is 288 g/mol. The average Bonchev–Trinajstić information content (AvgIpc) is 2.35. The summed E-state index contributed by atoms with van der Waals surface area (Å²) in [4.78, 5) is 12.3. The third kappa shape index (κ3) is 4.85. The Labute approximate surface area is 128 Å². The molecule has 1 amide bonds. The fraction of sp³-hybridized carbons (Fsp3) is 0.611. The summed E-state index contributed by atoms with van der Waals surface area (Å²) in [6, 6.07) is 10.3. The summed E-state index contributed by atoms with van der Waals surface area (Å²) in [5, 5.41) is 3.20. The molecule has 21 heavy (non-hydrogen) atoms. The van der Waals surface area contributed by atoms with E-state index in [9.17, 15) is 4.79 Å². The molecule has 1 aromatic carbocycles. The van der Waals surface area contributed by atoms with Gasteiger partial charge in [0.15, 0.2) is 0 Å². The highest BCUT2D eigenvalue weighted by Gasteiger charge is 2.35. The first-order valence-electron chi connectivity index (χ1n) is 7.91. The summed E-state index contributed by atoms with van der Waals surface area (Å²) in [5.41, 5.74) is 7.25. The Morgan fingerprint density at radius 1 is 1.29 bits per heavy atom. The van der Waals surface area contributed by atoms with Crippen LogP contribution in [0.4, 0.5) is 0 Å². The first-order chi connectivity index (χ1) is 9.77. The largest absolute Gasteiger partial charge is 0.349 e. The highest BCUT2D eigenvalue weighted by Crippen LogP contribution is 2.33. The number of rotatable bonds is 5. The van der Waals surface area contributed by atoms with E-state index in [-0.39, 0.29) is 22.9 Å². The zero-order valence-electron chi connectivity index (χ0n) is 13.5. The summed E-state index contributed by atoms with van der Waals surface area (Å²) < 4.78 is 0. The molecule has 0 aliphatic heterocycles. The maximum Gasteiger partial charge on any atom is 0.222 e. The fourth-order valence-electron chi connectivity index (χ4n) is 2.92. The maximum atomic E-state index is 12.3. The molecule has 2 rings (SSSR count). The molecular weight excluding hydrogens is 260 g/mol. The van der Waals surface area contributed by atoms with E-state index in [1.165, 1.54) is 5.56 Å². The summed E-state index contributed by atoms with van der Waals surface area (Å²) in [6.07, 6.45) is 4.44. The van der Waals surface area contributed by atoms with Crippen LogP contribution >= 0.6 is 0 Å². The molecule has 3 N–H and O–H groups in total. The maximum absolute atomic E-state index is 12.3. The van der Waals surface area contributed by atoms with E-state index in [2.05, 4.69) is 38.2 Å². The van der Waals surface area contributed by atoms with Crippen LogP contribution in [0.25, 0.3) is 0 Å². The van der Waals surface area contributed by atoms with Gasteiger partial charge in [-0.25, -0.2) is 0 Å². The van der Waals surface area contributed by atoms with Crippen molar-refractivity contribution in [3.05, 3.63) is 35.9 Å². The van der Waals surface area contributed by atoms with Gasteiger partial charge in [-0.2, -0.15) is 0 Å². The molecule has 0 spiro atoms. The predicted octanol–water partition coefficient (Wildman–Crippen LogP) is 3.55. The molecule has 3 nitrogen and oxygen atoms in total. The number of nitrogens with one attached hydrogen (secondary N) is 1. The lowest BCUT2D eigenvalue weighted by Gasteiger charge is -2.38. The van der Waals surface area contributed by atoms with Gasteiger partial charge in [-0.3, -0.25) is 4.79 Å². The summed E-state index contributed by atoms with van der Waals surface area (Å²) in [6.45, 7) is 6.60. The first-order valence-corrected chi connectivity index (χ1v) is 7.91. The molecule has 0 radical (unpaired) electrons. The number of carbonyl (C=O) groups is 1. The van der Waals surface area contributed by atoms with Crippen molar-refractivity contribution in [3.8, 4) is 0 Å². The van der Waals surface area contributed by atoms with Crippen LogP contribution in [0.15, 0.2) is 30.3 Å². The van der Waals surface area contributed by atoms with Crippen LogP contribution in [0, 0.1) is 5.41 Å². The zero-order valence-corrected chi connectivity index (χ0v) is 13.5. The molecule has 116 valence electrons. The zero-order chi connectivity index (χ0) is 15.5. The van der Waals surface area contributed by atoms with E-state index >= 15 is 0 Å². The summed E-state index contributed by atoms with van der Waals surface area (Å²) >= 11 is 0. The second kappa shape index (κ2) is 6.18. The number of nitrogens with two attached hydrogens (primary N) is 1. The van der Waals surface area contributed by atoms with E-state index in [0.29, 0.717) is 6.42 Å². The molecule has 0 bridgehead atoms. The number of hydrogen-bond donors (Lipinski definition) is 2. The van der Waals surface area contributed by atoms with Crippen molar-refractivity contribution in [2.24, 2.45) is 11.1 Å². The average molecular weight is 288 g/mol. The topological polar surface area (TPSA) is 55.1 Å². The number of amides is 1. The van der Waals surface area contributed by atoms with Gasteiger partial charge in [0.2, 0.25) is 5.91 Å². The minimum atomic E-state index is -0.257. The van der Waals surface area contributed by atoms with Crippen LogP contribution < -0.4 is 11.1 Å². The van der Waals surface area contributed by atoms with Crippen LogP contribution in [0.3, 0.4) is 0 Å². The minimum Gasteiger partial charge on any atom is -0.349 e. The van der Waals surface area contributed by atoms with Gasteiger partial charge in [0.25, 0.3) is 0 Å². The molecule has 1 saturated carbocycles. The van der Waals surface area contributed by atoms with Crippen molar-refractivity contribution in [2.45, 2.75) is 64.5 Å². The second-order valence-corrected chi connectivity index (χ2v) is 7.69. The lowest BCUT2D eigenvalue weighted by atomic mass is 9.75. The van der Waals surface area contributed by atoms with Gasteiger partial charge in [-0.1, -0.05) is 51.1 Å². The lowest BCUT2D eigenvalue weighted by molar-refractivity contribution is -0.124. The normalized spacial score (nSPS) is 18.7.